The van der Waals surface area contributed by atoms with Crippen LogP contribution >= 0.6 is 0 Å². The number of hydrogen-bond donors (Lipinski definition) is 1. The highest BCUT2D eigenvalue weighted by molar-refractivity contribution is 5.72. The van der Waals surface area contributed by atoms with Gasteiger partial charge in [-0.2, -0.15) is 0 Å². The van der Waals surface area contributed by atoms with Crippen molar-refractivity contribution in [3.63, 3.8) is 0 Å². The molecule has 0 aromatic rings. The Morgan fingerprint density at radius 1 is 1.11 bits per heavy atom. The predicted molar refractivity (Wildman–Crippen MR) is 72.3 cm³/mol. The molecular weight excluding hydrogens is 226 g/mol. The zero-order valence-corrected chi connectivity index (χ0v) is 11.8. The first-order valence-electron chi connectivity index (χ1n) is 7.61. The molecule has 2 atom stereocenters. The molecule has 18 heavy (non-hydrogen) atoms. The minimum absolute atomic E-state index is 0.0189. The predicted octanol–water partition coefficient (Wildman–Crippen LogP) is 2.89. The van der Waals surface area contributed by atoms with Crippen LogP contribution in [-0.2, 0) is 9.53 Å². The van der Waals surface area contributed by atoms with E-state index >= 15 is 0 Å². The van der Waals surface area contributed by atoms with Crippen LogP contribution in [0.25, 0.3) is 0 Å². The third-order valence-corrected chi connectivity index (χ3v) is 4.51. The molecule has 104 valence electrons. The van der Waals surface area contributed by atoms with Crippen molar-refractivity contribution >= 4 is 5.97 Å². The standard InChI is InChI=1S/C15H27NO2/c1-3-18-15(17)12-5-8-13(9-6-12)16-14-7-4-11(2)10-14/h11-14,16H,3-10H2,1-2H3. The fraction of sp³-hybridized carbons (Fsp3) is 0.933. The van der Waals surface area contributed by atoms with Gasteiger partial charge in [0.15, 0.2) is 0 Å². The van der Waals surface area contributed by atoms with Crippen LogP contribution in [0.15, 0.2) is 0 Å². The number of esters is 1. The summed E-state index contributed by atoms with van der Waals surface area (Å²) in [5.74, 6) is 1.06. The van der Waals surface area contributed by atoms with Crippen LogP contribution in [0, 0.1) is 11.8 Å². The number of ether oxygens (including phenoxy) is 1. The van der Waals surface area contributed by atoms with Crippen LogP contribution < -0.4 is 5.32 Å². The summed E-state index contributed by atoms with van der Waals surface area (Å²) < 4.78 is 5.10. The second-order valence-corrected chi connectivity index (χ2v) is 6.08. The van der Waals surface area contributed by atoms with Gasteiger partial charge in [-0.1, -0.05) is 6.92 Å². The van der Waals surface area contributed by atoms with Crippen LogP contribution in [0.1, 0.15) is 58.8 Å². The van der Waals surface area contributed by atoms with E-state index in [4.69, 9.17) is 4.74 Å². The summed E-state index contributed by atoms with van der Waals surface area (Å²) in [4.78, 5) is 11.6. The Morgan fingerprint density at radius 2 is 1.78 bits per heavy atom. The minimum Gasteiger partial charge on any atom is -0.466 e. The van der Waals surface area contributed by atoms with Crippen LogP contribution in [0.2, 0.25) is 0 Å². The zero-order valence-electron chi connectivity index (χ0n) is 11.8. The Morgan fingerprint density at radius 3 is 2.33 bits per heavy atom. The maximum Gasteiger partial charge on any atom is 0.308 e. The van der Waals surface area contributed by atoms with E-state index < -0.39 is 0 Å². The summed E-state index contributed by atoms with van der Waals surface area (Å²) in [5, 5.41) is 3.79. The monoisotopic (exact) mass is 253 g/mol. The molecule has 0 aromatic heterocycles. The van der Waals surface area contributed by atoms with Gasteiger partial charge in [-0.25, -0.2) is 0 Å². The van der Waals surface area contributed by atoms with Crippen molar-refractivity contribution < 1.29 is 9.53 Å². The second-order valence-electron chi connectivity index (χ2n) is 6.08. The highest BCUT2D eigenvalue weighted by Crippen LogP contribution is 2.29. The normalized spacial score (nSPS) is 36.6. The first-order valence-corrected chi connectivity index (χ1v) is 7.61. The summed E-state index contributed by atoms with van der Waals surface area (Å²) in [7, 11) is 0. The van der Waals surface area contributed by atoms with Crippen molar-refractivity contribution in [2.45, 2.75) is 70.9 Å². The zero-order chi connectivity index (χ0) is 13.0. The highest BCUT2D eigenvalue weighted by atomic mass is 16.5. The fourth-order valence-corrected chi connectivity index (χ4v) is 3.45. The molecule has 0 bridgehead atoms. The maximum absolute atomic E-state index is 11.6. The molecule has 0 spiro atoms. The number of rotatable bonds is 4. The summed E-state index contributed by atoms with van der Waals surface area (Å²) in [6.07, 6.45) is 8.30. The van der Waals surface area contributed by atoms with Gasteiger partial charge >= 0.3 is 5.97 Å². The first kappa shape index (κ1) is 13.9. The lowest BCUT2D eigenvalue weighted by Gasteiger charge is -2.30. The summed E-state index contributed by atoms with van der Waals surface area (Å²) in [6.45, 7) is 4.74. The van der Waals surface area contributed by atoms with Gasteiger partial charge in [0.1, 0.15) is 0 Å². The van der Waals surface area contributed by atoms with Crippen LogP contribution in [0.3, 0.4) is 0 Å². The number of carbonyl (C=O) groups excluding carboxylic acids is 1. The molecule has 0 aromatic carbocycles. The molecule has 1 N–H and O–H groups in total. The Bertz CT molecular complexity index is 272. The molecule has 2 aliphatic carbocycles. The SMILES string of the molecule is CCOC(=O)C1CCC(NC2CCC(C)C2)CC1. The molecule has 3 heteroatoms. The molecule has 2 aliphatic rings. The largest absolute Gasteiger partial charge is 0.466 e. The van der Waals surface area contributed by atoms with Crippen molar-refractivity contribution in [3.05, 3.63) is 0 Å². The van der Waals surface area contributed by atoms with E-state index in [9.17, 15) is 4.79 Å². The van der Waals surface area contributed by atoms with Crippen molar-refractivity contribution in [3.8, 4) is 0 Å². The second kappa shape index (κ2) is 6.55. The van der Waals surface area contributed by atoms with E-state index in [1.54, 1.807) is 0 Å². The Labute approximate surface area is 111 Å². The van der Waals surface area contributed by atoms with Gasteiger partial charge in [-0.3, -0.25) is 4.79 Å². The molecule has 0 amide bonds. The fourth-order valence-electron chi connectivity index (χ4n) is 3.45. The topological polar surface area (TPSA) is 38.3 Å². The lowest BCUT2D eigenvalue weighted by molar-refractivity contribution is -0.149. The molecule has 0 heterocycles. The lowest BCUT2D eigenvalue weighted by atomic mass is 9.85. The Balaban J connectivity index is 1.68. The number of nitrogens with one attached hydrogen (secondary N) is 1. The van der Waals surface area contributed by atoms with E-state index in [0.29, 0.717) is 12.6 Å². The molecular formula is C15H27NO2. The molecule has 0 radical (unpaired) electrons. The van der Waals surface area contributed by atoms with Crippen molar-refractivity contribution in [2.75, 3.05) is 6.61 Å². The van der Waals surface area contributed by atoms with Crippen LogP contribution in [-0.4, -0.2) is 24.7 Å². The van der Waals surface area contributed by atoms with Gasteiger partial charge in [0, 0.05) is 12.1 Å². The average Bonchev–Trinajstić information content (AvgIpc) is 2.76. The number of hydrogen-bond acceptors (Lipinski definition) is 3. The van der Waals surface area contributed by atoms with Crippen molar-refractivity contribution in [2.24, 2.45) is 11.8 Å². The molecule has 0 aliphatic heterocycles. The smallest absolute Gasteiger partial charge is 0.308 e. The van der Waals surface area contributed by atoms with E-state index in [1.807, 2.05) is 6.92 Å². The third-order valence-electron chi connectivity index (χ3n) is 4.51. The van der Waals surface area contributed by atoms with Gasteiger partial charge in [-0.15, -0.1) is 0 Å². The molecule has 2 saturated carbocycles. The minimum atomic E-state index is 0.0189. The summed E-state index contributed by atoms with van der Waals surface area (Å²) >= 11 is 0. The van der Waals surface area contributed by atoms with Gasteiger partial charge in [0.25, 0.3) is 0 Å². The quantitative estimate of drug-likeness (QED) is 0.783. The Hall–Kier alpha value is -0.570. The van der Waals surface area contributed by atoms with E-state index in [0.717, 1.165) is 37.6 Å². The van der Waals surface area contributed by atoms with Gasteiger partial charge < -0.3 is 10.1 Å². The highest BCUT2D eigenvalue weighted by Gasteiger charge is 2.29. The average molecular weight is 253 g/mol. The molecule has 0 saturated heterocycles. The van der Waals surface area contributed by atoms with Gasteiger partial charge in [0.2, 0.25) is 0 Å². The lowest BCUT2D eigenvalue weighted by Crippen LogP contribution is -2.40. The molecule has 2 rings (SSSR count). The van der Waals surface area contributed by atoms with Crippen molar-refractivity contribution in [1.82, 2.24) is 5.32 Å². The van der Waals surface area contributed by atoms with Crippen LogP contribution in [0.4, 0.5) is 0 Å². The van der Waals surface area contributed by atoms with Gasteiger partial charge in [-0.05, 0) is 57.8 Å². The molecule has 2 unspecified atom stereocenters. The van der Waals surface area contributed by atoms with Crippen LogP contribution in [0.5, 0.6) is 0 Å². The molecule has 2 fully saturated rings. The Kier molecular flexibility index (Phi) is 5.04. The third kappa shape index (κ3) is 3.71. The van der Waals surface area contributed by atoms with Gasteiger partial charge in [0.05, 0.1) is 12.5 Å². The maximum atomic E-state index is 11.6. The van der Waals surface area contributed by atoms with E-state index in [-0.39, 0.29) is 11.9 Å². The summed E-state index contributed by atoms with van der Waals surface area (Å²) in [5.41, 5.74) is 0. The van der Waals surface area contributed by atoms with E-state index in [1.165, 1.54) is 19.3 Å². The summed E-state index contributed by atoms with van der Waals surface area (Å²) in [6, 6.07) is 1.36. The van der Waals surface area contributed by atoms with E-state index in [2.05, 4.69) is 12.2 Å². The molecule has 3 nitrogen and oxygen atoms in total. The first-order chi connectivity index (χ1) is 8.69. The van der Waals surface area contributed by atoms with Crippen molar-refractivity contribution in [1.29, 1.82) is 0 Å². The number of carbonyl (C=O) groups is 1.